The lowest BCUT2D eigenvalue weighted by Crippen LogP contribution is -2.53. The van der Waals surface area contributed by atoms with Crippen molar-refractivity contribution < 1.29 is 19.2 Å². The number of nitrogens with zero attached hydrogens (tertiary/aromatic N) is 1. The van der Waals surface area contributed by atoms with Gasteiger partial charge in [0, 0.05) is 18.6 Å². The zero-order valence-electron chi connectivity index (χ0n) is 11.3. The largest absolute Gasteiger partial charge is 0.488 e. The van der Waals surface area contributed by atoms with Crippen molar-refractivity contribution in [3.63, 3.8) is 0 Å². The van der Waals surface area contributed by atoms with Crippen LogP contribution in [0.4, 0.5) is 4.39 Å². The van der Waals surface area contributed by atoms with E-state index in [-0.39, 0.29) is 11.0 Å². The second kappa shape index (κ2) is 5.59. The smallest absolute Gasteiger partial charge is 0.423 e. The average Bonchev–Trinajstić information content (AvgIpc) is 2.33. The van der Waals surface area contributed by atoms with Gasteiger partial charge in [-0.05, 0) is 37.0 Å². The van der Waals surface area contributed by atoms with Crippen molar-refractivity contribution in [3.05, 3.63) is 29.6 Å². The molecule has 1 heterocycles. The number of halogens is 1. The van der Waals surface area contributed by atoms with Crippen LogP contribution in [0.2, 0.25) is 0 Å². The third-order valence-electron chi connectivity index (χ3n) is 3.56. The van der Waals surface area contributed by atoms with Gasteiger partial charge in [-0.15, -0.1) is 0 Å². The molecule has 0 atom stereocenters. The van der Waals surface area contributed by atoms with Crippen molar-refractivity contribution in [2.24, 2.45) is 0 Å². The molecule has 1 aliphatic heterocycles. The maximum Gasteiger partial charge on any atom is 0.488 e. The molecule has 4 nitrogen and oxygen atoms in total. The fourth-order valence-electron chi connectivity index (χ4n) is 2.34. The van der Waals surface area contributed by atoms with Gasteiger partial charge >= 0.3 is 7.12 Å². The Kier molecular flexibility index (Phi) is 4.25. The fraction of sp³-hybridized carbons (Fsp3) is 0.538. The molecule has 0 aliphatic carbocycles. The van der Waals surface area contributed by atoms with E-state index in [0.717, 1.165) is 12.1 Å². The van der Waals surface area contributed by atoms with E-state index in [1.54, 1.807) is 6.07 Å². The van der Waals surface area contributed by atoms with Crippen LogP contribution in [0, 0.1) is 5.82 Å². The topological polar surface area (TPSA) is 52.9 Å². The van der Waals surface area contributed by atoms with Crippen LogP contribution in [-0.4, -0.2) is 47.4 Å². The van der Waals surface area contributed by atoms with E-state index >= 15 is 0 Å². The summed E-state index contributed by atoms with van der Waals surface area (Å²) in [6.45, 7) is 6.75. The molecule has 2 N–H and O–H groups in total. The van der Waals surface area contributed by atoms with E-state index in [1.165, 1.54) is 12.1 Å². The molecule has 0 amide bonds. The molecule has 0 radical (unpaired) electrons. The summed E-state index contributed by atoms with van der Waals surface area (Å²) in [5.41, 5.74) is 0.832. The maximum atomic E-state index is 13.2. The van der Waals surface area contributed by atoms with E-state index in [2.05, 4.69) is 18.7 Å². The molecule has 19 heavy (non-hydrogen) atoms. The Morgan fingerprint density at radius 2 is 2.16 bits per heavy atom. The van der Waals surface area contributed by atoms with Crippen molar-refractivity contribution in [2.45, 2.75) is 25.9 Å². The van der Waals surface area contributed by atoms with Crippen LogP contribution >= 0.6 is 0 Å². The van der Waals surface area contributed by atoms with Gasteiger partial charge in [-0.3, -0.25) is 4.90 Å². The number of hydrogen-bond acceptors (Lipinski definition) is 4. The van der Waals surface area contributed by atoms with Gasteiger partial charge in [-0.1, -0.05) is 6.07 Å². The van der Waals surface area contributed by atoms with Gasteiger partial charge in [0.15, 0.2) is 0 Å². The minimum absolute atomic E-state index is 0.121. The molecule has 0 bridgehead atoms. The monoisotopic (exact) mass is 267 g/mol. The highest BCUT2D eigenvalue weighted by atomic mass is 19.1. The Morgan fingerprint density at radius 3 is 2.79 bits per heavy atom. The van der Waals surface area contributed by atoms with Gasteiger partial charge < -0.3 is 14.8 Å². The van der Waals surface area contributed by atoms with Crippen molar-refractivity contribution >= 4 is 12.6 Å². The second-order valence-electron chi connectivity index (χ2n) is 5.50. The number of ether oxygens (including phenoxy) is 1. The summed E-state index contributed by atoms with van der Waals surface area (Å²) in [4.78, 5) is 2.20. The molecule has 0 saturated carbocycles. The van der Waals surface area contributed by atoms with Crippen LogP contribution in [0.5, 0.6) is 0 Å². The van der Waals surface area contributed by atoms with Crippen LogP contribution in [-0.2, 0) is 11.3 Å². The zero-order chi connectivity index (χ0) is 14.0. The fourth-order valence-corrected chi connectivity index (χ4v) is 2.34. The number of morpholine rings is 1. The van der Waals surface area contributed by atoms with Crippen LogP contribution in [0.15, 0.2) is 18.2 Å². The van der Waals surface area contributed by atoms with E-state index in [4.69, 9.17) is 4.74 Å². The van der Waals surface area contributed by atoms with Gasteiger partial charge in [0.25, 0.3) is 0 Å². The molecule has 2 rings (SSSR count). The van der Waals surface area contributed by atoms with E-state index in [1.807, 2.05) is 0 Å². The highest BCUT2D eigenvalue weighted by Crippen LogP contribution is 2.21. The molecule has 6 heteroatoms. The summed E-state index contributed by atoms with van der Waals surface area (Å²) in [5, 5.41) is 18.7. The number of rotatable bonds is 3. The third kappa shape index (κ3) is 3.33. The maximum absolute atomic E-state index is 13.2. The molecular weight excluding hydrogens is 248 g/mol. The number of benzene rings is 1. The molecule has 0 spiro atoms. The molecule has 104 valence electrons. The molecular formula is C13H19BFNO3. The summed E-state index contributed by atoms with van der Waals surface area (Å²) < 4.78 is 18.6. The Hall–Kier alpha value is -0.945. The highest BCUT2D eigenvalue weighted by Gasteiger charge is 2.31. The molecule has 0 unspecified atom stereocenters. The predicted molar refractivity (Wildman–Crippen MR) is 71.5 cm³/mol. The quantitative estimate of drug-likeness (QED) is 0.764. The van der Waals surface area contributed by atoms with Crippen LogP contribution < -0.4 is 5.46 Å². The van der Waals surface area contributed by atoms with Crippen LogP contribution in [0.1, 0.15) is 19.4 Å². The van der Waals surface area contributed by atoms with Crippen LogP contribution in [0.3, 0.4) is 0 Å². The second-order valence-corrected chi connectivity index (χ2v) is 5.50. The Bertz CT molecular complexity index is 454. The molecule has 1 aromatic rings. The summed E-state index contributed by atoms with van der Waals surface area (Å²) >= 11 is 0. The Balaban J connectivity index is 2.23. The summed E-state index contributed by atoms with van der Waals surface area (Å²) in [7, 11) is -1.66. The van der Waals surface area contributed by atoms with Gasteiger partial charge in [0.2, 0.25) is 0 Å². The molecule has 1 aromatic carbocycles. The van der Waals surface area contributed by atoms with E-state index < -0.39 is 12.9 Å². The summed E-state index contributed by atoms with van der Waals surface area (Å²) in [5.74, 6) is -0.465. The highest BCUT2D eigenvalue weighted by molar-refractivity contribution is 6.59. The van der Waals surface area contributed by atoms with Crippen molar-refractivity contribution in [1.82, 2.24) is 4.90 Å². The first kappa shape index (κ1) is 14.5. The van der Waals surface area contributed by atoms with Crippen molar-refractivity contribution in [3.8, 4) is 0 Å². The Morgan fingerprint density at radius 1 is 1.42 bits per heavy atom. The van der Waals surface area contributed by atoms with Crippen molar-refractivity contribution in [1.29, 1.82) is 0 Å². The average molecular weight is 267 g/mol. The Labute approximate surface area is 113 Å². The first-order valence-corrected chi connectivity index (χ1v) is 6.37. The van der Waals surface area contributed by atoms with Gasteiger partial charge in [-0.2, -0.15) is 0 Å². The predicted octanol–water partition coefficient (Wildman–Crippen LogP) is 0.116. The first-order valence-electron chi connectivity index (χ1n) is 6.37. The SMILES string of the molecule is CC1(C)COCCN1Cc1ccc(F)cc1B(O)O. The zero-order valence-corrected chi connectivity index (χ0v) is 11.3. The molecule has 1 saturated heterocycles. The number of hydrogen-bond donors (Lipinski definition) is 2. The van der Waals surface area contributed by atoms with Gasteiger partial charge in [0.1, 0.15) is 5.82 Å². The van der Waals surface area contributed by atoms with E-state index in [0.29, 0.717) is 19.8 Å². The summed E-state index contributed by atoms with van der Waals surface area (Å²) in [6, 6.07) is 4.12. The normalized spacial score (nSPS) is 19.4. The lowest BCUT2D eigenvalue weighted by molar-refractivity contribution is -0.0551. The van der Waals surface area contributed by atoms with E-state index in [9.17, 15) is 14.4 Å². The van der Waals surface area contributed by atoms with Gasteiger partial charge in [0.05, 0.1) is 13.2 Å². The lowest BCUT2D eigenvalue weighted by Gasteiger charge is -2.42. The standard InChI is InChI=1S/C13H19BFNO3/c1-13(2)9-19-6-5-16(13)8-10-3-4-11(15)7-12(10)14(17)18/h3-4,7,17-18H,5-6,8-9H2,1-2H3. The lowest BCUT2D eigenvalue weighted by atomic mass is 9.76. The molecule has 0 aromatic heterocycles. The minimum Gasteiger partial charge on any atom is -0.423 e. The van der Waals surface area contributed by atoms with Gasteiger partial charge in [-0.25, -0.2) is 4.39 Å². The van der Waals surface area contributed by atoms with Crippen molar-refractivity contribution in [2.75, 3.05) is 19.8 Å². The minimum atomic E-state index is -1.66. The van der Waals surface area contributed by atoms with Crippen LogP contribution in [0.25, 0.3) is 0 Å². The molecule has 1 fully saturated rings. The summed E-state index contributed by atoms with van der Waals surface area (Å²) in [6.07, 6.45) is 0. The molecule has 1 aliphatic rings. The first-order chi connectivity index (χ1) is 8.90. The third-order valence-corrected chi connectivity index (χ3v) is 3.56.